The van der Waals surface area contributed by atoms with Crippen molar-refractivity contribution in [2.75, 3.05) is 0 Å². The van der Waals surface area contributed by atoms with Crippen molar-refractivity contribution in [3.05, 3.63) is 34.1 Å². The molecular formula is C11H9BrF3N3O. The smallest absolute Gasteiger partial charge is 0.337 e. The Morgan fingerprint density at radius 3 is 2.58 bits per heavy atom. The van der Waals surface area contributed by atoms with Gasteiger partial charge in [0.25, 0.3) is 0 Å². The first-order valence-electron chi connectivity index (χ1n) is 5.25. The molecule has 1 aromatic carbocycles. The Kier molecular flexibility index (Phi) is 3.64. The van der Waals surface area contributed by atoms with Crippen LogP contribution in [0.15, 0.2) is 27.2 Å². The minimum atomic E-state index is -4.51. The van der Waals surface area contributed by atoms with Crippen molar-refractivity contribution in [1.82, 2.24) is 10.1 Å². The van der Waals surface area contributed by atoms with Crippen LogP contribution in [0.3, 0.4) is 0 Å². The maximum absolute atomic E-state index is 12.9. The van der Waals surface area contributed by atoms with Crippen LogP contribution in [0.25, 0.3) is 11.4 Å². The maximum atomic E-state index is 12.9. The molecule has 0 aliphatic rings. The van der Waals surface area contributed by atoms with Gasteiger partial charge >= 0.3 is 6.18 Å². The van der Waals surface area contributed by atoms with E-state index in [2.05, 4.69) is 26.1 Å². The molecule has 19 heavy (non-hydrogen) atoms. The number of nitrogens with two attached hydrogens (primary N) is 1. The molecule has 4 nitrogen and oxygen atoms in total. The Labute approximate surface area is 114 Å². The fraction of sp³-hybridized carbons (Fsp3) is 0.273. The highest BCUT2D eigenvalue weighted by atomic mass is 79.9. The molecule has 0 spiro atoms. The predicted molar refractivity (Wildman–Crippen MR) is 65.0 cm³/mol. The van der Waals surface area contributed by atoms with Gasteiger partial charge in [0.2, 0.25) is 11.7 Å². The summed E-state index contributed by atoms with van der Waals surface area (Å²) in [5.74, 6) is -0.0434. The van der Waals surface area contributed by atoms with Crippen molar-refractivity contribution in [2.45, 2.75) is 19.1 Å². The van der Waals surface area contributed by atoms with Crippen molar-refractivity contribution in [3.8, 4) is 11.4 Å². The van der Waals surface area contributed by atoms with Crippen LogP contribution in [-0.4, -0.2) is 10.1 Å². The monoisotopic (exact) mass is 335 g/mol. The number of hydrogen-bond acceptors (Lipinski definition) is 4. The minimum Gasteiger partial charge on any atom is -0.337 e. The minimum absolute atomic E-state index is 0.0889. The molecule has 0 saturated carbocycles. The van der Waals surface area contributed by atoms with E-state index in [4.69, 9.17) is 10.3 Å². The highest BCUT2D eigenvalue weighted by Gasteiger charge is 2.35. The average molecular weight is 336 g/mol. The number of aromatic nitrogens is 2. The molecule has 102 valence electrons. The van der Waals surface area contributed by atoms with Gasteiger partial charge in [-0.05, 0) is 25.1 Å². The molecule has 1 aromatic heterocycles. The Morgan fingerprint density at radius 2 is 2.05 bits per heavy atom. The van der Waals surface area contributed by atoms with Gasteiger partial charge in [-0.15, -0.1) is 0 Å². The molecule has 2 rings (SSSR count). The van der Waals surface area contributed by atoms with E-state index in [0.717, 1.165) is 6.07 Å². The first kappa shape index (κ1) is 14.0. The molecule has 2 N–H and O–H groups in total. The number of rotatable bonds is 2. The molecule has 0 aliphatic heterocycles. The predicted octanol–water partition coefficient (Wildman–Crippen LogP) is 3.54. The number of hydrogen-bond donors (Lipinski definition) is 1. The van der Waals surface area contributed by atoms with Gasteiger partial charge in [-0.2, -0.15) is 18.2 Å². The van der Waals surface area contributed by atoms with Crippen LogP contribution in [0.4, 0.5) is 13.2 Å². The highest BCUT2D eigenvalue weighted by molar-refractivity contribution is 9.10. The summed E-state index contributed by atoms with van der Waals surface area (Å²) < 4.78 is 44.0. The summed E-state index contributed by atoms with van der Waals surface area (Å²) in [4.78, 5) is 3.87. The summed E-state index contributed by atoms with van der Waals surface area (Å²) in [6.07, 6.45) is -4.51. The van der Waals surface area contributed by atoms with E-state index in [0.29, 0.717) is 4.47 Å². The van der Waals surface area contributed by atoms with E-state index in [-0.39, 0.29) is 17.3 Å². The second kappa shape index (κ2) is 4.93. The fourth-order valence-corrected chi connectivity index (χ4v) is 1.84. The molecule has 1 atom stereocenters. The third-order valence-corrected chi connectivity index (χ3v) is 2.85. The topological polar surface area (TPSA) is 64.9 Å². The molecule has 1 unspecified atom stereocenters. The first-order valence-corrected chi connectivity index (χ1v) is 6.04. The van der Waals surface area contributed by atoms with Gasteiger partial charge in [0.1, 0.15) is 0 Å². The van der Waals surface area contributed by atoms with Gasteiger partial charge in [-0.3, -0.25) is 0 Å². The van der Waals surface area contributed by atoms with Crippen LogP contribution in [-0.2, 0) is 6.18 Å². The van der Waals surface area contributed by atoms with Crippen LogP contribution in [0.2, 0.25) is 0 Å². The quantitative estimate of drug-likeness (QED) is 0.911. The van der Waals surface area contributed by atoms with Gasteiger partial charge in [-0.1, -0.05) is 21.1 Å². The van der Waals surface area contributed by atoms with Crippen LogP contribution < -0.4 is 5.73 Å². The van der Waals surface area contributed by atoms with Crippen LogP contribution in [0, 0.1) is 0 Å². The van der Waals surface area contributed by atoms with Crippen molar-refractivity contribution in [2.24, 2.45) is 5.73 Å². The Balaban J connectivity index is 2.55. The van der Waals surface area contributed by atoms with Gasteiger partial charge in [0.05, 0.1) is 11.6 Å². The number of halogens is 4. The number of alkyl halides is 3. The molecule has 0 amide bonds. The summed E-state index contributed by atoms with van der Waals surface area (Å²) in [6.45, 7) is 1.60. The van der Waals surface area contributed by atoms with E-state index in [1.54, 1.807) is 6.92 Å². The van der Waals surface area contributed by atoms with E-state index >= 15 is 0 Å². The van der Waals surface area contributed by atoms with E-state index in [9.17, 15) is 13.2 Å². The lowest BCUT2D eigenvalue weighted by molar-refractivity contribution is -0.137. The molecular weight excluding hydrogens is 327 g/mol. The first-order chi connectivity index (χ1) is 8.79. The van der Waals surface area contributed by atoms with Crippen molar-refractivity contribution >= 4 is 15.9 Å². The lowest BCUT2D eigenvalue weighted by Crippen LogP contribution is -2.08. The summed E-state index contributed by atoms with van der Waals surface area (Å²) >= 11 is 3.01. The highest BCUT2D eigenvalue weighted by Crippen LogP contribution is 2.37. The third-order valence-electron chi connectivity index (χ3n) is 2.36. The number of benzene rings is 1. The maximum Gasteiger partial charge on any atom is 0.417 e. The SMILES string of the molecule is CC(N)c1nc(-c2ccc(Br)cc2C(F)(F)F)no1. The zero-order chi connectivity index (χ0) is 14.2. The standard InChI is InChI=1S/C11H9BrF3N3O/c1-5(16)10-17-9(18-19-10)7-3-2-6(12)4-8(7)11(13,14)15/h2-5H,16H2,1H3. The fourth-order valence-electron chi connectivity index (χ4n) is 1.48. The molecule has 0 radical (unpaired) electrons. The van der Waals surface area contributed by atoms with Crippen molar-refractivity contribution < 1.29 is 17.7 Å². The molecule has 0 bridgehead atoms. The summed E-state index contributed by atoms with van der Waals surface area (Å²) in [5, 5.41) is 3.53. The normalized spacial score (nSPS) is 13.6. The van der Waals surface area contributed by atoms with Gasteiger partial charge in [-0.25, -0.2) is 0 Å². The van der Waals surface area contributed by atoms with E-state index in [1.807, 2.05) is 0 Å². The van der Waals surface area contributed by atoms with E-state index in [1.165, 1.54) is 12.1 Å². The second-order valence-electron chi connectivity index (χ2n) is 3.93. The lowest BCUT2D eigenvalue weighted by atomic mass is 10.1. The summed E-state index contributed by atoms with van der Waals surface area (Å²) in [5.41, 5.74) is 4.55. The molecule has 8 heteroatoms. The summed E-state index contributed by atoms with van der Waals surface area (Å²) in [6, 6.07) is 3.19. The average Bonchev–Trinajstić information content (AvgIpc) is 2.77. The molecule has 0 fully saturated rings. The second-order valence-corrected chi connectivity index (χ2v) is 4.85. The molecule has 2 aromatic rings. The van der Waals surface area contributed by atoms with Gasteiger partial charge in [0, 0.05) is 10.0 Å². The largest absolute Gasteiger partial charge is 0.417 e. The van der Waals surface area contributed by atoms with Crippen molar-refractivity contribution in [1.29, 1.82) is 0 Å². The van der Waals surface area contributed by atoms with Gasteiger partial charge in [0.15, 0.2) is 0 Å². The van der Waals surface area contributed by atoms with E-state index < -0.39 is 17.8 Å². The Hall–Kier alpha value is -1.41. The third kappa shape index (κ3) is 2.95. The molecule has 1 heterocycles. The Bertz CT molecular complexity index is 595. The zero-order valence-electron chi connectivity index (χ0n) is 9.70. The summed E-state index contributed by atoms with van der Waals surface area (Å²) in [7, 11) is 0. The van der Waals surface area contributed by atoms with Crippen LogP contribution >= 0.6 is 15.9 Å². The van der Waals surface area contributed by atoms with Gasteiger partial charge < -0.3 is 10.3 Å². The lowest BCUT2D eigenvalue weighted by Gasteiger charge is -2.10. The number of nitrogens with zero attached hydrogens (tertiary/aromatic N) is 2. The zero-order valence-corrected chi connectivity index (χ0v) is 11.3. The molecule has 0 aliphatic carbocycles. The van der Waals surface area contributed by atoms with Crippen molar-refractivity contribution in [3.63, 3.8) is 0 Å². The molecule has 0 saturated heterocycles. The van der Waals surface area contributed by atoms with Crippen LogP contribution in [0.5, 0.6) is 0 Å². The van der Waals surface area contributed by atoms with Crippen LogP contribution in [0.1, 0.15) is 24.4 Å². The Morgan fingerprint density at radius 1 is 1.37 bits per heavy atom.